The molecule has 1 aromatic rings. The largest absolute Gasteiger partial charge is 0.507 e. The quantitative estimate of drug-likeness (QED) is 0.452. The number of hydrogen-bond donors (Lipinski definition) is 5. The van der Waals surface area contributed by atoms with Gasteiger partial charge in [0.25, 0.3) is 0 Å². The molecular formula is C8H9ClO5. The van der Waals surface area contributed by atoms with Crippen molar-refractivity contribution in [2.24, 2.45) is 0 Å². The van der Waals surface area contributed by atoms with Gasteiger partial charge in [0, 0.05) is 5.02 Å². The van der Waals surface area contributed by atoms with E-state index in [1.54, 1.807) is 0 Å². The monoisotopic (exact) mass is 220 g/mol. The second-order valence-electron chi connectivity index (χ2n) is 2.68. The average Bonchev–Trinajstić information content (AvgIpc) is 2.07. The number of hydrogen-bond acceptors (Lipinski definition) is 5. The van der Waals surface area contributed by atoms with E-state index < -0.39 is 18.3 Å². The third-order valence-corrected chi connectivity index (χ3v) is 1.91. The molecule has 0 radical (unpaired) electrons. The minimum Gasteiger partial charge on any atom is -0.507 e. The molecule has 0 spiro atoms. The molecule has 5 N–H and O–H groups in total. The molecule has 0 saturated heterocycles. The Labute approximate surface area is 84.4 Å². The normalized spacial score (nSPS) is 11.4. The molecule has 0 atom stereocenters. The Bertz CT molecular complexity index is 307. The zero-order valence-electron chi connectivity index (χ0n) is 6.92. The maximum atomic E-state index is 9.36. The van der Waals surface area contributed by atoms with E-state index in [0.29, 0.717) is 0 Å². The van der Waals surface area contributed by atoms with Gasteiger partial charge in [0.2, 0.25) is 0 Å². The molecule has 0 unspecified atom stereocenters. The van der Waals surface area contributed by atoms with Crippen molar-refractivity contribution >= 4 is 11.6 Å². The molecule has 0 bridgehead atoms. The summed E-state index contributed by atoms with van der Waals surface area (Å²) in [7, 11) is 0. The molecule has 1 rings (SSSR count). The highest BCUT2D eigenvalue weighted by Gasteiger charge is 2.17. The smallest absolute Gasteiger partial charge is 0.182 e. The van der Waals surface area contributed by atoms with E-state index in [0.717, 1.165) is 12.1 Å². The predicted octanol–water partition coefficient (Wildman–Crippen LogP) is 0.0120. The summed E-state index contributed by atoms with van der Waals surface area (Å²) in [6.07, 6.45) is -3.85. The van der Waals surface area contributed by atoms with Gasteiger partial charge in [-0.15, -0.1) is 0 Å². The van der Waals surface area contributed by atoms with Gasteiger partial charge in [-0.25, -0.2) is 0 Å². The SMILES string of the molecule is Oc1c(C(O)O)cc(Cl)cc1C(O)O. The van der Waals surface area contributed by atoms with E-state index in [1.807, 2.05) is 0 Å². The molecule has 0 aliphatic carbocycles. The summed E-state index contributed by atoms with van der Waals surface area (Å²) < 4.78 is 0. The molecule has 5 nitrogen and oxygen atoms in total. The third-order valence-electron chi connectivity index (χ3n) is 1.69. The van der Waals surface area contributed by atoms with E-state index in [9.17, 15) is 5.11 Å². The number of phenols is 1. The summed E-state index contributed by atoms with van der Waals surface area (Å²) in [5.74, 6) is -0.598. The summed E-state index contributed by atoms with van der Waals surface area (Å²) in [5.41, 5.74) is -0.554. The topological polar surface area (TPSA) is 101 Å². The van der Waals surface area contributed by atoms with E-state index in [1.165, 1.54) is 0 Å². The Hall–Kier alpha value is -0.850. The molecular weight excluding hydrogens is 212 g/mol. The highest BCUT2D eigenvalue weighted by molar-refractivity contribution is 6.30. The lowest BCUT2D eigenvalue weighted by molar-refractivity contribution is -0.0501. The molecule has 78 valence electrons. The number of aliphatic hydroxyl groups excluding tert-OH is 2. The summed E-state index contributed by atoms with van der Waals surface area (Å²) in [5, 5.41) is 44.7. The molecule has 0 aromatic heterocycles. The van der Waals surface area contributed by atoms with Crippen molar-refractivity contribution in [1.82, 2.24) is 0 Å². The van der Waals surface area contributed by atoms with Gasteiger partial charge in [-0.3, -0.25) is 0 Å². The highest BCUT2D eigenvalue weighted by Crippen LogP contribution is 2.33. The zero-order chi connectivity index (χ0) is 10.9. The summed E-state index contributed by atoms with van der Waals surface area (Å²) in [4.78, 5) is 0. The fourth-order valence-electron chi connectivity index (χ4n) is 1.04. The lowest BCUT2D eigenvalue weighted by Gasteiger charge is -2.13. The van der Waals surface area contributed by atoms with Gasteiger partial charge in [0.15, 0.2) is 12.6 Å². The molecule has 0 amide bonds. The van der Waals surface area contributed by atoms with Gasteiger partial charge in [-0.2, -0.15) is 0 Å². The lowest BCUT2D eigenvalue weighted by Crippen LogP contribution is -2.01. The number of aliphatic hydroxyl groups is 4. The van der Waals surface area contributed by atoms with Crippen molar-refractivity contribution in [1.29, 1.82) is 0 Å². The van der Waals surface area contributed by atoms with E-state index >= 15 is 0 Å². The summed E-state index contributed by atoms with van der Waals surface area (Å²) >= 11 is 5.55. The second-order valence-corrected chi connectivity index (χ2v) is 3.12. The Morgan fingerprint density at radius 3 is 1.57 bits per heavy atom. The molecule has 0 saturated carbocycles. The van der Waals surface area contributed by atoms with Gasteiger partial charge >= 0.3 is 0 Å². The molecule has 6 heteroatoms. The Morgan fingerprint density at radius 2 is 1.29 bits per heavy atom. The van der Waals surface area contributed by atoms with Crippen molar-refractivity contribution in [3.63, 3.8) is 0 Å². The van der Waals surface area contributed by atoms with Crippen LogP contribution in [0.1, 0.15) is 23.7 Å². The van der Waals surface area contributed by atoms with Crippen LogP contribution < -0.4 is 0 Å². The predicted molar refractivity (Wildman–Crippen MR) is 47.5 cm³/mol. The highest BCUT2D eigenvalue weighted by atomic mass is 35.5. The Morgan fingerprint density at radius 1 is 0.929 bits per heavy atom. The zero-order valence-corrected chi connectivity index (χ0v) is 7.68. The van der Waals surface area contributed by atoms with Crippen LogP contribution in [0.2, 0.25) is 5.02 Å². The molecule has 0 fully saturated rings. The van der Waals surface area contributed by atoms with Crippen LogP contribution in [0, 0.1) is 0 Å². The minimum atomic E-state index is -1.92. The number of benzene rings is 1. The van der Waals surface area contributed by atoms with Gasteiger partial charge in [0.05, 0.1) is 11.1 Å². The first-order valence-corrected chi connectivity index (χ1v) is 4.06. The number of halogens is 1. The minimum absolute atomic E-state index is 0.0639. The van der Waals surface area contributed by atoms with Crippen molar-refractivity contribution in [3.8, 4) is 5.75 Å². The first-order valence-electron chi connectivity index (χ1n) is 3.68. The van der Waals surface area contributed by atoms with Crippen LogP contribution in [0.5, 0.6) is 5.75 Å². The van der Waals surface area contributed by atoms with Crippen molar-refractivity contribution in [2.45, 2.75) is 12.6 Å². The first-order chi connectivity index (χ1) is 6.43. The Balaban J connectivity index is 3.32. The van der Waals surface area contributed by atoms with Crippen LogP contribution in [0.4, 0.5) is 0 Å². The maximum absolute atomic E-state index is 9.36. The molecule has 0 aliphatic heterocycles. The lowest BCUT2D eigenvalue weighted by atomic mass is 10.1. The van der Waals surface area contributed by atoms with E-state index in [2.05, 4.69) is 0 Å². The van der Waals surface area contributed by atoms with Crippen LogP contribution >= 0.6 is 11.6 Å². The summed E-state index contributed by atoms with van der Waals surface area (Å²) in [6, 6.07) is 2.24. The first kappa shape index (κ1) is 11.2. The van der Waals surface area contributed by atoms with E-state index in [-0.39, 0.29) is 16.1 Å². The molecule has 1 aromatic carbocycles. The summed E-state index contributed by atoms with van der Waals surface area (Å²) in [6.45, 7) is 0. The van der Waals surface area contributed by atoms with Gasteiger partial charge in [0.1, 0.15) is 5.75 Å². The average molecular weight is 221 g/mol. The number of rotatable bonds is 2. The van der Waals surface area contributed by atoms with Crippen LogP contribution in [-0.2, 0) is 0 Å². The molecule has 0 aliphatic rings. The van der Waals surface area contributed by atoms with Gasteiger partial charge in [-0.05, 0) is 12.1 Å². The Kier molecular flexibility index (Phi) is 3.30. The van der Waals surface area contributed by atoms with Crippen LogP contribution in [-0.4, -0.2) is 25.5 Å². The van der Waals surface area contributed by atoms with Crippen LogP contribution in [0.25, 0.3) is 0 Å². The van der Waals surface area contributed by atoms with Gasteiger partial charge in [-0.1, -0.05) is 11.6 Å². The van der Waals surface area contributed by atoms with Crippen molar-refractivity contribution < 1.29 is 25.5 Å². The fraction of sp³-hybridized carbons (Fsp3) is 0.250. The van der Waals surface area contributed by atoms with Crippen LogP contribution in [0.15, 0.2) is 12.1 Å². The van der Waals surface area contributed by atoms with E-state index in [4.69, 9.17) is 32.0 Å². The van der Waals surface area contributed by atoms with Gasteiger partial charge < -0.3 is 25.5 Å². The molecule has 14 heavy (non-hydrogen) atoms. The number of phenolic OH excluding ortho intramolecular Hbond substituents is 1. The van der Waals surface area contributed by atoms with Crippen molar-refractivity contribution in [3.05, 3.63) is 28.3 Å². The maximum Gasteiger partial charge on any atom is 0.182 e. The van der Waals surface area contributed by atoms with Crippen LogP contribution in [0.3, 0.4) is 0 Å². The third kappa shape index (κ3) is 2.14. The standard InChI is InChI=1S/C8H9ClO5/c9-3-1-4(7(11)12)6(10)5(2-3)8(13)14/h1-2,7-8,10-14H. The second kappa shape index (κ2) is 4.12. The van der Waals surface area contributed by atoms with Crippen molar-refractivity contribution in [2.75, 3.05) is 0 Å². The fourth-order valence-corrected chi connectivity index (χ4v) is 1.27. The number of aromatic hydroxyl groups is 1. The molecule has 0 heterocycles.